The van der Waals surface area contributed by atoms with Crippen LogP contribution in [0.25, 0.3) is 21.9 Å². The number of nitrogens with two attached hydrogens (primary N) is 1. The molecule has 4 rings (SSSR count). The van der Waals surface area contributed by atoms with Crippen molar-refractivity contribution in [3.63, 3.8) is 0 Å². The van der Waals surface area contributed by atoms with Crippen LogP contribution in [0.1, 0.15) is 28.8 Å². The summed E-state index contributed by atoms with van der Waals surface area (Å²) in [5, 5.41) is 2.13. The standard InChI is InChI=1S/C25H29N3O/c1-27(2)17-18-9-11-19(12-10-18)21-5-3-7-23-22(21)6-4-8-24(23)25(29)28-15-13-20(26)14-16-28/h3-12,20H,13-17,26H2,1-2H3. The highest BCUT2D eigenvalue weighted by Crippen LogP contribution is 2.31. The number of hydrogen-bond donors (Lipinski definition) is 1. The molecule has 3 aromatic rings. The van der Waals surface area contributed by atoms with Crippen LogP contribution in [0, 0.1) is 0 Å². The molecule has 1 saturated heterocycles. The lowest BCUT2D eigenvalue weighted by Crippen LogP contribution is -2.42. The molecule has 1 heterocycles. The van der Waals surface area contributed by atoms with E-state index >= 15 is 0 Å². The second-order valence-electron chi connectivity index (χ2n) is 8.27. The van der Waals surface area contributed by atoms with E-state index in [0.717, 1.165) is 54.4 Å². The third-order valence-electron chi connectivity index (χ3n) is 5.74. The molecule has 0 aromatic heterocycles. The fourth-order valence-electron chi connectivity index (χ4n) is 4.18. The molecule has 2 N–H and O–H groups in total. The van der Waals surface area contributed by atoms with E-state index in [9.17, 15) is 4.79 Å². The molecule has 0 atom stereocenters. The van der Waals surface area contributed by atoms with Crippen LogP contribution in [0.2, 0.25) is 0 Å². The maximum absolute atomic E-state index is 13.2. The summed E-state index contributed by atoms with van der Waals surface area (Å²) in [6, 6.07) is 21.2. The van der Waals surface area contributed by atoms with Gasteiger partial charge in [0.05, 0.1) is 0 Å². The van der Waals surface area contributed by atoms with Gasteiger partial charge in [0.1, 0.15) is 0 Å². The molecule has 0 radical (unpaired) electrons. The van der Waals surface area contributed by atoms with Gasteiger partial charge in [-0.2, -0.15) is 0 Å². The van der Waals surface area contributed by atoms with Crippen molar-refractivity contribution in [1.29, 1.82) is 0 Å². The van der Waals surface area contributed by atoms with Crippen LogP contribution in [-0.2, 0) is 6.54 Å². The summed E-state index contributed by atoms with van der Waals surface area (Å²) in [7, 11) is 4.15. The van der Waals surface area contributed by atoms with E-state index in [2.05, 4.69) is 61.5 Å². The second kappa shape index (κ2) is 8.36. The fourth-order valence-corrected chi connectivity index (χ4v) is 4.18. The Morgan fingerprint density at radius 1 is 0.966 bits per heavy atom. The Morgan fingerprint density at radius 2 is 1.62 bits per heavy atom. The van der Waals surface area contributed by atoms with Crippen molar-refractivity contribution < 1.29 is 4.79 Å². The number of likely N-dealkylation sites (tertiary alicyclic amines) is 1. The molecule has 1 aliphatic heterocycles. The van der Waals surface area contributed by atoms with Gasteiger partial charge in [-0.3, -0.25) is 4.79 Å². The number of rotatable bonds is 4. The van der Waals surface area contributed by atoms with Crippen LogP contribution in [-0.4, -0.2) is 48.9 Å². The van der Waals surface area contributed by atoms with Gasteiger partial charge in [-0.05, 0) is 60.5 Å². The number of carbonyl (C=O) groups is 1. The topological polar surface area (TPSA) is 49.6 Å². The van der Waals surface area contributed by atoms with E-state index in [0.29, 0.717) is 0 Å². The van der Waals surface area contributed by atoms with Crippen LogP contribution in [0.4, 0.5) is 0 Å². The van der Waals surface area contributed by atoms with Crippen LogP contribution in [0.5, 0.6) is 0 Å². The van der Waals surface area contributed by atoms with E-state index in [4.69, 9.17) is 5.73 Å². The zero-order chi connectivity index (χ0) is 20.4. The molecule has 0 spiro atoms. The summed E-state index contributed by atoms with van der Waals surface area (Å²) in [4.78, 5) is 17.3. The molecular weight excluding hydrogens is 358 g/mol. The van der Waals surface area contributed by atoms with Crippen molar-refractivity contribution in [2.45, 2.75) is 25.4 Å². The summed E-state index contributed by atoms with van der Waals surface area (Å²) < 4.78 is 0. The van der Waals surface area contributed by atoms with E-state index in [-0.39, 0.29) is 11.9 Å². The molecular formula is C25H29N3O. The van der Waals surface area contributed by atoms with Gasteiger partial charge in [-0.25, -0.2) is 0 Å². The highest BCUT2D eigenvalue weighted by molar-refractivity contribution is 6.10. The Bertz CT molecular complexity index is 1000. The first-order valence-electron chi connectivity index (χ1n) is 10.3. The summed E-state index contributed by atoms with van der Waals surface area (Å²) in [6.07, 6.45) is 1.75. The second-order valence-corrected chi connectivity index (χ2v) is 8.27. The van der Waals surface area contributed by atoms with E-state index in [1.165, 1.54) is 11.1 Å². The first kappa shape index (κ1) is 19.6. The van der Waals surface area contributed by atoms with Crippen molar-refractivity contribution in [1.82, 2.24) is 9.80 Å². The Morgan fingerprint density at radius 3 is 2.31 bits per heavy atom. The van der Waals surface area contributed by atoms with Gasteiger partial charge in [-0.15, -0.1) is 0 Å². The highest BCUT2D eigenvalue weighted by Gasteiger charge is 2.23. The van der Waals surface area contributed by atoms with Gasteiger partial charge >= 0.3 is 0 Å². The average Bonchev–Trinajstić information content (AvgIpc) is 2.73. The zero-order valence-electron chi connectivity index (χ0n) is 17.3. The van der Waals surface area contributed by atoms with Crippen LogP contribution in [0.15, 0.2) is 60.7 Å². The molecule has 1 aliphatic rings. The number of piperidine rings is 1. The van der Waals surface area contributed by atoms with Gasteiger partial charge in [0.25, 0.3) is 5.91 Å². The predicted molar refractivity (Wildman–Crippen MR) is 120 cm³/mol. The fraction of sp³-hybridized carbons (Fsp3) is 0.320. The van der Waals surface area contributed by atoms with E-state index in [1.54, 1.807) is 0 Å². The monoisotopic (exact) mass is 387 g/mol. The SMILES string of the molecule is CN(C)Cc1ccc(-c2cccc3c(C(=O)N4CCC(N)CC4)cccc23)cc1. The lowest BCUT2D eigenvalue weighted by atomic mass is 9.94. The van der Waals surface area contributed by atoms with E-state index < -0.39 is 0 Å². The Labute approximate surface area is 172 Å². The Kier molecular flexibility index (Phi) is 5.65. The number of nitrogens with zero attached hydrogens (tertiary/aromatic N) is 2. The quantitative estimate of drug-likeness (QED) is 0.732. The molecule has 0 bridgehead atoms. The highest BCUT2D eigenvalue weighted by atomic mass is 16.2. The summed E-state index contributed by atoms with van der Waals surface area (Å²) in [5.74, 6) is 0.112. The van der Waals surface area contributed by atoms with Gasteiger partial charge < -0.3 is 15.5 Å². The maximum atomic E-state index is 13.2. The lowest BCUT2D eigenvalue weighted by Gasteiger charge is -2.30. The minimum atomic E-state index is 0.112. The molecule has 3 aromatic carbocycles. The molecule has 0 aliphatic carbocycles. The molecule has 1 fully saturated rings. The van der Waals surface area contributed by atoms with Crippen molar-refractivity contribution in [2.24, 2.45) is 5.73 Å². The molecule has 0 saturated carbocycles. The van der Waals surface area contributed by atoms with Gasteiger partial charge in [0, 0.05) is 31.2 Å². The lowest BCUT2D eigenvalue weighted by molar-refractivity contribution is 0.0717. The molecule has 0 unspecified atom stereocenters. The molecule has 4 nitrogen and oxygen atoms in total. The third kappa shape index (κ3) is 4.19. The minimum Gasteiger partial charge on any atom is -0.339 e. The average molecular weight is 388 g/mol. The molecule has 4 heteroatoms. The number of benzene rings is 3. The van der Waals surface area contributed by atoms with Crippen LogP contribution < -0.4 is 5.73 Å². The first-order chi connectivity index (χ1) is 14.0. The van der Waals surface area contributed by atoms with Crippen LogP contribution >= 0.6 is 0 Å². The first-order valence-corrected chi connectivity index (χ1v) is 10.3. The third-order valence-corrected chi connectivity index (χ3v) is 5.74. The zero-order valence-corrected chi connectivity index (χ0v) is 17.3. The Balaban J connectivity index is 1.69. The largest absolute Gasteiger partial charge is 0.339 e. The summed E-state index contributed by atoms with van der Waals surface area (Å²) in [6.45, 7) is 2.40. The van der Waals surface area contributed by atoms with Gasteiger partial charge in [0.15, 0.2) is 0 Å². The minimum absolute atomic E-state index is 0.112. The van der Waals surface area contributed by atoms with Crippen molar-refractivity contribution in [3.8, 4) is 11.1 Å². The predicted octanol–water partition coefficient (Wildman–Crippen LogP) is 4.13. The molecule has 1 amide bonds. The van der Waals surface area contributed by atoms with Crippen molar-refractivity contribution >= 4 is 16.7 Å². The molecule has 150 valence electrons. The smallest absolute Gasteiger partial charge is 0.254 e. The summed E-state index contributed by atoms with van der Waals surface area (Å²) >= 11 is 0. The number of amides is 1. The van der Waals surface area contributed by atoms with Gasteiger partial charge in [0.2, 0.25) is 0 Å². The summed E-state index contributed by atoms with van der Waals surface area (Å²) in [5.41, 5.74) is 10.4. The maximum Gasteiger partial charge on any atom is 0.254 e. The number of carbonyl (C=O) groups excluding carboxylic acids is 1. The normalized spacial score (nSPS) is 15.2. The van der Waals surface area contributed by atoms with E-state index in [1.807, 2.05) is 23.1 Å². The number of fused-ring (bicyclic) bond motifs is 1. The van der Waals surface area contributed by atoms with Crippen LogP contribution in [0.3, 0.4) is 0 Å². The molecule has 29 heavy (non-hydrogen) atoms. The van der Waals surface area contributed by atoms with Crippen molar-refractivity contribution in [2.75, 3.05) is 27.2 Å². The van der Waals surface area contributed by atoms with Crippen molar-refractivity contribution in [3.05, 3.63) is 71.8 Å². The number of hydrogen-bond acceptors (Lipinski definition) is 3. The Hall–Kier alpha value is -2.69. The van der Waals surface area contributed by atoms with Gasteiger partial charge in [-0.1, -0.05) is 54.6 Å².